The first-order chi connectivity index (χ1) is 14.9. The first-order valence-electron chi connectivity index (χ1n) is 9.90. The molecule has 9 heteroatoms. The van der Waals surface area contributed by atoms with Crippen LogP contribution in [0.15, 0.2) is 54.7 Å². The molecule has 4 rings (SSSR count). The second kappa shape index (κ2) is 9.63. The average molecular weight is 476 g/mol. The maximum atomic E-state index is 12.3. The first kappa shape index (κ1) is 22.2. The normalized spacial score (nSPS) is 16.0. The van der Waals surface area contributed by atoms with Crippen molar-refractivity contribution in [3.63, 3.8) is 0 Å². The third kappa shape index (κ3) is 5.07. The fourth-order valence-corrected chi connectivity index (χ4v) is 4.65. The quantitative estimate of drug-likeness (QED) is 0.549. The zero-order chi connectivity index (χ0) is 22.0. The van der Waals surface area contributed by atoms with Crippen LogP contribution in [0.3, 0.4) is 0 Å². The van der Waals surface area contributed by atoms with E-state index in [9.17, 15) is 4.21 Å². The molecule has 0 amide bonds. The highest BCUT2D eigenvalue weighted by atomic mass is 35.5. The molecule has 3 aromatic rings. The van der Waals surface area contributed by atoms with Gasteiger partial charge in [0.1, 0.15) is 5.82 Å². The van der Waals surface area contributed by atoms with Crippen molar-refractivity contribution in [2.24, 2.45) is 0 Å². The SMILES string of the molecule is CN(C)S(=O)N1CCN(c2cnc(-c3ccc(Cl)cc3)c(-c3ccc(Cl)cc3)n2)CC1. The molecule has 0 aliphatic carbocycles. The molecule has 1 aliphatic rings. The predicted octanol–water partition coefficient (Wildman–Crippen LogP) is 4.38. The van der Waals surface area contributed by atoms with Gasteiger partial charge in [-0.05, 0) is 24.3 Å². The summed E-state index contributed by atoms with van der Waals surface area (Å²) in [6.45, 7) is 2.85. The Kier molecular flexibility index (Phi) is 6.89. The van der Waals surface area contributed by atoms with Crippen LogP contribution in [0.4, 0.5) is 5.82 Å². The Morgan fingerprint density at radius 2 is 1.35 bits per heavy atom. The van der Waals surface area contributed by atoms with Crippen LogP contribution in [0, 0.1) is 0 Å². The Balaban J connectivity index is 1.66. The van der Waals surface area contributed by atoms with Crippen LogP contribution >= 0.6 is 23.2 Å². The van der Waals surface area contributed by atoms with Crippen molar-refractivity contribution in [2.75, 3.05) is 45.2 Å². The lowest BCUT2D eigenvalue weighted by molar-refractivity contribution is 0.388. The lowest BCUT2D eigenvalue weighted by atomic mass is 10.0. The van der Waals surface area contributed by atoms with Gasteiger partial charge in [-0.2, -0.15) is 0 Å². The van der Waals surface area contributed by atoms with E-state index in [1.807, 2.05) is 73.1 Å². The van der Waals surface area contributed by atoms with E-state index < -0.39 is 11.2 Å². The van der Waals surface area contributed by atoms with Crippen molar-refractivity contribution in [1.82, 2.24) is 18.6 Å². The van der Waals surface area contributed by atoms with Crippen LogP contribution in [0.1, 0.15) is 0 Å². The van der Waals surface area contributed by atoms with E-state index in [1.54, 1.807) is 4.31 Å². The Labute approximate surface area is 195 Å². The second-order valence-corrected chi connectivity index (χ2v) is 9.98. The smallest absolute Gasteiger partial charge is 0.172 e. The van der Waals surface area contributed by atoms with Crippen LogP contribution in [0.2, 0.25) is 10.0 Å². The van der Waals surface area contributed by atoms with Gasteiger partial charge in [-0.15, -0.1) is 0 Å². The molecule has 0 radical (unpaired) electrons. The lowest BCUT2D eigenvalue weighted by Crippen LogP contribution is -2.49. The van der Waals surface area contributed by atoms with Crippen molar-refractivity contribution < 1.29 is 4.21 Å². The molecule has 1 unspecified atom stereocenters. The molecule has 6 nitrogen and oxygen atoms in total. The summed E-state index contributed by atoms with van der Waals surface area (Å²) in [6, 6.07) is 15.2. The van der Waals surface area contributed by atoms with Crippen LogP contribution in [0.5, 0.6) is 0 Å². The Bertz CT molecular complexity index is 1070. The van der Waals surface area contributed by atoms with Crippen molar-refractivity contribution >= 4 is 40.2 Å². The average Bonchev–Trinajstić information content (AvgIpc) is 2.79. The monoisotopic (exact) mass is 475 g/mol. The number of piperazine rings is 1. The maximum Gasteiger partial charge on any atom is 0.172 e. The number of hydrogen-bond donors (Lipinski definition) is 0. The maximum absolute atomic E-state index is 12.3. The third-order valence-corrected chi connectivity index (χ3v) is 7.03. The molecule has 0 N–H and O–H groups in total. The molecule has 1 fully saturated rings. The van der Waals surface area contributed by atoms with Crippen LogP contribution < -0.4 is 4.90 Å². The van der Waals surface area contributed by atoms with Crippen molar-refractivity contribution in [2.45, 2.75) is 0 Å². The summed E-state index contributed by atoms with van der Waals surface area (Å²) in [5, 5.41) is 1.35. The van der Waals surface area contributed by atoms with E-state index in [4.69, 9.17) is 33.2 Å². The molecule has 1 aromatic heterocycles. The summed E-state index contributed by atoms with van der Waals surface area (Å²) in [5.41, 5.74) is 3.46. The summed E-state index contributed by atoms with van der Waals surface area (Å²) in [7, 11) is 3.64. The summed E-state index contributed by atoms with van der Waals surface area (Å²) >= 11 is 11.0. The van der Waals surface area contributed by atoms with Crippen molar-refractivity contribution in [3.8, 4) is 22.5 Å². The number of aromatic nitrogens is 2. The fraction of sp³-hybridized carbons (Fsp3) is 0.273. The van der Waals surface area contributed by atoms with E-state index in [0.717, 1.165) is 41.4 Å². The van der Waals surface area contributed by atoms with Gasteiger partial charge < -0.3 is 4.90 Å². The highest BCUT2D eigenvalue weighted by Crippen LogP contribution is 2.32. The van der Waals surface area contributed by atoms with Gasteiger partial charge in [-0.1, -0.05) is 47.5 Å². The lowest BCUT2D eigenvalue weighted by Gasteiger charge is -2.35. The number of anilines is 1. The van der Waals surface area contributed by atoms with Crippen LogP contribution in [0.25, 0.3) is 22.5 Å². The zero-order valence-electron chi connectivity index (χ0n) is 17.3. The third-order valence-electron chi connectivity index (χ3n) is 5.09. The summed E-state index contributed by atoms with van der Waals surface area (Å²) < 4.78 is 16.0. The fourth-order valence-electron chi connectivity index (χ4n) is 3.46. The van der Waals surface area contributed by atoms with E-state index in [-0.39, 0.29) is 0 Å². The summed E-state index contributed by atoms with van der Waals surface area (Å²) in [4.78, 5) is 11.9. The molecule has 2 aromatic carbocycles. The van der Waals surface area contributed by atoms with Gasteiger partial charge in [0.05, 0.1) is 17.6 Å². The molecule has 0 bridgehead atoms. The standard InChI is InChI=1S/C22H23Cl2N5OS/c1-27(2)31(30)29-13-11-28(12-14-29)20-15-25-21(16-3-7-18(23)8-4-16)22(26-20)17-5-9-19(24)10-6-17/h3-10,15H,11-14H2,1-2H3. The largest absolute Gasteiger partial charge is 0.353 e. The highest BCUT2D eigenvalue weighted by Gasteiger charge is 2.24. The van der Waals surface area contributed by atoms with E-state index in [2.05, 4.69) is 4.90 Å². The molecule has 1 aliphatic heterocycles. The molecule has 1 atom stereocenters. The molecule has 31 heavy (non-hydrogen) atoms. The Morgan fingerprint density at radius 3 is 1.87 bits per heavy atom. The number of halogens is 2. The van der Waals surface area contributed by atoms with Gasteiger partial charge in [0.15, 0.2) is 11.2 Å². The molecule has 0 saturated carbocycles. The van der Waals surface area contributed by atoms with Crippen LogP contribution in [-0.4, -0.2) is 63.1 Å². The molecular formula is C22H23Cl2N5OS. The number of hydrogen-bond acceptors (Lipinski definition) is 4. The Hall–Kier alpha value is -2.03. The second-order valence-electron chi connectivity index (χ2n) is 7.40. The topological polar surface area (TPSA) is 52.6 Å². The van der Waals surface area contributed by atoms with E-state index in [0.29, 0.717) is 23.1 Å². The minimum atomic E-state index is -1.12. The zero-order valence-corrected chi connectivity index (χ0v) is 19.7. The molecule has 162 valence electrons. The minimum absolute atomic E-state index is 0.672. The Morgan fingerprint density at radius 1 is 0.839 bits per heavy atom. The number of rotatable bonds is 5. The molecule has 1 saturated heterocycles. The minimum Gasteiger partial charge on any atom is -0.353 e. The molecule has 2 heterocycles. The summed E-state index contributed by atoms with van der Waals surface area (Å²) in [6.07, 6.45) is 1.81. The van der Waals surface area contributed by atoms with Crippen molar-refractivity contribution in [3.05, 3.63) is 64.8 Å². The van der Waals surface area contributed by atoms with Gasteiger partial charge in [-0.25, -0.2) is 17.8 Å². The number of nitrogens with zero attached hydrogens (tertiary/aromatic N) is 5. The number of benzene rings is 2. The van der Waals surface area contributed by atoms with E-state index in [1.165, 1.54) is 0 Å². The first-order valence-corrected chi connectivity index (χ1v) is 11.7. The van der Waals surface area contributed by atoms with Gasteiger partial charge in [0.25, 0.3) is 0 Å². The van der Waals surface area contributed by atoms with Crippen molar-refractivity contribution in [1.29, 1.82) is 0 Å². The molecular weight excluding hydrogens is 453 g/mol. The van der Waals surface area contributed by atoms with Gasteiger partial charge in [-0.3, -0.25) is 4.98 Å². The van der Waals surface area contributed by atoms with Crippen LogP contribution in [-0.2, 0) is 11.2 Å². The van der Waals surface area contributed by atoms with Gasteiger partial charge in [0.2, 0.25) is 0 Å². The summed E-state index contributed by atoms with van der Waals surface area (Å²) in [5.74, 6) is 0.804. The molecule has 0 spiro atoms. The van der Waals surface area contributed by atoms with Gasteiger partial charge in [0, 0.05) is 61.4 Å². The highest BCUT2D eigenvalue weighted by molar-refractivity contribution is 7.80. The van der Waals surface area contributed by atoms with Gasteiger partial charge >= 0.3 is 0 Å². The van der Waals surface area contributed by atoms with E-state index >= 15 is 0 Å². The predicted molar refractivity (Wildman–Crippen MR) is 129 cm³/mol.